The maximum Gasteiger partial charge on any atom is 0.321 e. The number of halogens is 2. The number of piperazine rings is 1. The molecule has 3 heterocycles. The van der Waals surface area contributed by atoms with E-state index >= 15 is 0 Å². The highest BCUT2D eigenvalue weighted by atomic mass is 19.2. The first-order valence-corrected chi connectivity index (χ1v) is 9.24. The summed E-state index contributed by atoms with van der Waals surface area (Å²) < 4.78 is 28.3. The minimum Gasteiger partial charge on any atom is -0.353 e. The molecule has 2 amide bonds. The molecule has 0 unspecified atom stereocenters. The average Bonchev–Trinajstić information content (AvgIpc) is 3.25. The van der Waals surface area contributed by atoms with Crippen LogP contribution in [0.5, 0.6) is 0 Å². The molecule has 0 bridgehead atoms. The van der Waals surface area contributed by atoms with Crippen molar-refractivity contribution in [3.63, 3.8) is 0 Å². The Morgan fingerprint density at radius 3 is 2.34 bits per heavy atom. The SMILES string of the molecule is Cc1nc(N2CCN(C(=O)Nc3ccc(F)c(F)c3)CC2)cc(-n2cccc2)n1. The van der Waals surface area contributed by atoms with E-state index in [9.17, 15) is 13.6 Å². The average molecular weight is 398 g/mol. The number of benzene rings is 1. The molecule has 9 heteroatoms. The Bertz CT molecular complexity index is 1020. The van der Waals surface area contributed by atoms with Crippen LogP contribution in [0, 0.1) is 18.6 Å². The summed E-state index contributed by atoms with van der Waals surface area (Å²) >= 11 is 0. The molecule has 0 saturated carbocycles. The number of nitrogens with one attached hydrogen (secondary N) is 1. The van der Waals surface area contributed by atoms with Crippen LogP contribution in [-0.2, 0) is 0 Å². The summed E-state index contributed by atoms with van der Waals surface area (Å²) in [5.41, 5.74) is 0.221. The molecular weight excluding hydrogens is 378 g/mol. The van der Waals surface area contributed by atoms with Gasteiger partial charge in [0.25, 0.3) is 0 Å². The number of carbonyl (C=O) groups excluding carboxylic acids is 1. The largest absolute Gasteiger partial charge is 0.353 e. The van der Waals surface area contributed by atoms with Crippen molar-refractivity contribution in [3.8, 4) is 5.82 Å². The van der Waals surface area contributed by atoms with Gasteiger partial charge in [0, 0.05) is 56.4 Å². The van der Waals surface area contributed by atoms with Crippen molar-refractivity contribution in [3.05, 3.63) is 66.3 Å². The van der Waals surface area contributed by atoms with Crippen molar-refractivity contribution in [1.82, 2.24) is 19.4 Å². The Hall–Kier alpha value is -3.49. The van der Waals surface area contributed by atoms with E-state index in [4.69, 9.17) is 0 Å². The Balaban J connectivity index is 1.40. The summed E-state index contributed by atoms with van der Waals surface area (Å²) in [4.78, 5) is 25.2. The Kier molecular flexibility index (Phi) is 5.11. The van der Waals surface area contributed by atoms with E-state index < -0.39 is 11.6 Å². The van der Waals surface area contributed by atoms with Gasteiger partial charge in [0.15, 0.2) is 11.6 Å². The molecule has 3 aromatic rings. The van der Waals surface area contributed by atoms with Gasteiger partial charge in [0.05, 0.1) is 0 Å². The predicted octanol–water partition coefficient (Wildman–Crippen LogP) is 3.21. The van der Waals surface area contributed by atoms with Crippen LogP contribution in [0.4, 0.5) is 25.1 Å². The van der Waals surface area contributed by atoms with Gasteiger partial charge >= 0.3 is 6.03 Å². The van der Waals surface area contributed by atoms with Crippen molar-refractivity contribution < 1.29 is 13.6 Å². The third kappa shape index (κ3) is 4.18. The lowest BCUT2D eigenvalue weighted by molar-refractivity contribution is 0.208. The number of carbonyl (C=O) groups is 1. The van der Waals surface area contributed by atoms with Gasteiger partial charge in [-0.2, -0.15) is 0 Å². The minimum absolute atomic E-state index is 0.221. The van der Waals surface area contributed by atoms with Crippen molar-refractivity contribution in [2.75, 3.05) is 36.4 Å². The number of rotatable bonds is 3. The molecule has 1 aliphatic heterocycles. The minimum atomic E-state index is -0.995. The van der Waals surface area contributed by atoms with Crippen molar-refractivity contribution >= 4 is 17.5 Å². The topological polar surface area (TPSA) is 66.3 Å². The summed E-state index contributed by atoms with van der Waals surface area (Å²) in [6, 6.07) is 8.73. The molecule has 0 radical (unpaired) electrons. The quantitative estimate of drug-likeness (QED) is 0.736. The molecule has 29 heavy (non-hydrogen) atoms. The zero-order valence-electron chi connectivity index (χ0n) is 15.8. The second-order valence-electron chi connectivity index (χ2n) is 6.76. The van der Waals surface area contributed by atoms with Crippen LogP contribution in [-0.4, -0.2) is 51.6 Å². The van der Waals surface area contributed by atoms with Gasteiger partial charge in [0.2, 0.25) is 0 Å². The highest BCUT2D eigenvalue weighted by molar-refractivity contribution is 5.89. The zero-order chi connectivity index (χ0) is 20.4. The van der Waals surface area contributed by atoms with Gasteiger partial charge in [-0.05, 0) is 31.2 Å². The fourth-order valence-corrected chi connectivity index (χ4v) is 3.23. The van der Waals surface area contributed by atoms with Gasteiger partial charge in [-0.3, -0.25) is 0 Å². The number of amides is 2. The van der Waals surface area contributed by atoms with Crippen LogP contribution in [0.25, 0.3) is 5.82 Å². The summed E-state index contributed by atoms with van der Waals surface area (Å²) in [6.07, 6.45) is 3.85. The number of nitrogens with zero attached hydrogens (tertiary/aromatic N) is 5. The second kappa shape index (κ2) is 7.86. The maximum atomic E-state index is 13.3. The van der Waals surface area contributed by atoms with E-state index in [0.29, 0.717) is 32.0 Å². The molecule has 0 aliphatic carbocycles. The molecule has 7 nitrogen and oxygen atoms in total. The van der Waals surface area contributed by atoms with Crippen LogP contribution in [0.3, 0.4) is 0 Å². The van der Waals surface area contributed by atoms with Crippen molar-refractivity contribution in [2.45, 2.75) is 6.92 Å². The molecule has 2 aromatic heterocycles. The van der Waals surface area contributed by atoms with Crippen LogP contribution in [0.1, 0.15) is 5.82 Å². The molecule has 1 N–H and O–H groups in total. The molecule has 1 saturated heterocycles. The molecule has 4 rings (SSSR count). The lowest BCUT2D eigenvalue weighted by atomic mass is 10.3. The first kappa shape index (κ1) is 18.9. The molecule has 1 aromatic carbocycles. The molecule has 0 spiro atoms. The third-order valence-electron chi connectivity index (χ3n) is 4.74. The van der Waals surface area contributed by atoms with Crippen molar-refractivity contribution in [1.29, 1.82) is 0 Å². The molecular formula is C20H20F2N6O. The van der Waals surface area contributed by atoms with Gasteiger partial charge < -0.3 is 19.7 Å². The van der Waals surface area contributed by atoms with Gasteiger partial charge in [0.1, 0.15) is 17.5 Å². The van der Waals surface area contributed by atoms with Crippen LogP contribution >= 0.6 is 0 Å². The van der Waals surface area contributed by atoms with Crippen LogP contribution < -0.4 is 10.2 Å². The van der Waals surface area contributed by atoms with E-state index in [2.05, 4.69) is 20.2 Å². The zero-order valence-corrected chi connectivity index (χ0v) is 15.8. The summed E-state index contributed by atoms with van der Waals surface area (Å²) in [7, 11) is 0. The number of anilines is 2. The normalized spacial score (nSPS) is 14.2. The van der Waals surface area contributed by atoms with E-state index in [1.54, 1.807) is 4.90 Å². The van der Waals surface area contributed by atoms with E-state index in [-0.39, 0.29) is 11.7 Å². The number of aromatic nitrogens is 3. The fourth-order valence-electron chi connectivity index (χ4n) is 3.23. The monoisotopic (exact) mass is 398 g/mol. The number of hydrogen-bond acceptors (Lipinski definition) is 4. The summed E-state index contributed by atoms with van der Waals surface area (Å²) in [5.74, 6) is 0.323. The lowest BCUT2D eigenvalue weighted by Gasteiger charge is -2.35. The summed E-state index contributed by atoms with van der Waals surface area (Å²) in [6.45, 7) is 4.02. The molecule has 1 fully saturated rings. The van der Waals surface area contributed by atoms with Gasteiger partial charge in [-0.25, -0.2) is 23.5 Å². The van der Waals surface area contributed by atoms with Crippen LogP contribution in [0.2, 0.25) is 0 Å². The Labute approximate surface area is 166 Å². The van der Waals surface area contributed by atoms with E-state index in [1.165, 1.54) is 6.07 Å². The Morgan fingerprint density at radius 2 is 1.66 bits per heavy atom. The second-order valence-corrected chi connectivity index (χ2v) is 6.76. The number of aryl methyl sites for hydroxylation is 1. The standard InChI is InChI=1S/C20H20F2N6O/c1-14-23-18(26-6-2-3-7-26)13-19(24-14)27-8-10-28(11-9-27)20(29)25-15-4-5-16(21)17(22)12-15/h2-7,12-13H,8-11H2,1H3,(H,25,29). The van der Waals surface area contributed by atoms with Crippen LogP contribution in [0.15, 0.2) is 48.8 Å². The third-order valence-corrected chi connectivity index (χ3v) is 4.74. The van der Waals surface area contributed by atoms with Gasteiger partial charge in [-0.15, -0.1) is 0 Å². The fraction of sp³-hybridized carbons (Fsp3) is 0.250. The highest BCUT2D eigenvalue weighted by Gasteiger charge is 2.23. The number of urea groups is 1. The highest BCUT2D eigenvalue weighted by Crippen LogP contribution is 2.19. The smallest absolute Gasteiger partial charge is 0.321 e. The molecule has 0 atom stereocenters. The Morgan fingerprint density at radius 1 is 0.966 bits per heavy atom. The van der Waals surface area contributed by atoms with E-state index in [1.807, 2.05) is 42.1 Å². The van der Waals surface area contributed by atoms with Crippen molar-refractivity contribution in [2.24, 2.45) is 0 Å². The first-order chi connectivity index (χ1) is 14.0. The molecule has 150 valence electrons. The molecule has 1 aliphatic rings. The number of hydrogen-bond donors (Lipinski definition) is 1. The summed E-state index contributed by atoms with van der Waals surface area (Å²) in [5, 5.41) is 2.60. The first-order valence-electron chi connectivity index (χ1n) is 9.24. The van der Waals surface area contributed by atoms with Gasteiger partial charge in [-0.1, -0.05) is 0 Å². The lowest BCUT2D eigenvalue weighted by Crippen LogP contribution is -2.50. The maximum absolute atomic E-state index is 13.3. The predicted molar refractivity (Wildman–Crippen MR) is 105 cm³/mol. The van der Waals surface area contributed by atoms with E-state index in [0.717, 1.165) is 23.8 Å².